The van der Waals surface area contributed by atoms with Crippen molar-refractivity contribution in [3.05, 3.63) is 35.9 Å². The minimum atomic E-state index is 0. The van der Waals surface area contributed by atoms with Crippen LogP contribution in [0.4, 0.5) is 0 Å². The van der Waals surface area contributed by atoms with Crippen LogP contribution in [0.25, 0.3) is 0 Å². The third kappa shape index (κ3) is 1.60. The molecule has 0 aliphatic heterocycles. The normalized spacial score (nSPS) is 27.4. The van der Waals surface area contributed by atoms with Crippen LogP contribution in [0, 0.1) is 5.92 Å². The fraction of sp³-hybridized carbons (Fsp3) is 0.400. The van der Waals surface area contributed by atoms with Crippen LogP contribution in [-0.4, -0.2) is 0 Å². The zero-order valence-electron chi connectivity index (χ0n) is 6.96. The average molecular weight is 149 g/mol. The summed E-state index contributed by atoms with van der Waals surface area (Å²) < 4.78 is 0. The Kier molecular flexibility index (Phi) is 2.30. The minimum Gasteiger partial charge on any atom is -0.344 e. The van der Waals surface area contributed by atoms with E-state index in [1.54, 1.807) is 0 Å². The molecule has 0 heterocycles. The maximum absolute atomic E-state index is 2.32. The van der Waals surface area contributed by atoms with Gasteiger partial charge in [0.25, 0.3) is 0 Å². The molecule has 1 aliphatic carbocycles. The van der Waals surface area contributed by atoms with E-state index < -0.39 is 0 Å². The number of rotatable bonds is 1. The van der Waals surface area contributed by atoms with Crippen molar-refractivity contribution in [1.82, 2.24) is 6.15 Å². The number of hydrogen-bond donors (Lipinski definition) is 1. The van der Waals surface area contributed by atoms with Crippen molar-refractivity contribution in [2.45, 2.75) is 19.3 Å². The van der Waals surface area contributed by atoms with E-state index in [1.165, 1.54) is 12.0 Å². The Bertz CT molecular complexity index is 218. The van der Waals surface area contributed by atoms with Gasteiger partial charge in [0, 0.05) is 0 Å². The van der Waals surface area contributed by atoms with Crippen LogP contribution in [0.3, 0.4) is 0 Å². The summed E-state index contributed by atoms with van der Waals surface area (Å²) >= 11 is 0. The van der Waals surface area contributed by atoms with Gasteiger partial charge >= 0.3 is 0 Å². The molecule has 2 unspecified atom stereocenters. The Hall–Kier alpha value is -0.820. The molecule has 0 aromatic heterocycles. The van der Waals surface area contributed by atoms with Crippen molar-refractivity contribution in [3.63, 3.8) is 0 Å². The summed E-state index contributed by atoms with van der Waals surface area (Å²) in [5.41, 5.74) is 1.52. The van der Waals surface area contributed by atoms with Gasteiger partial charge in [-0.3, -0.25) is 0 Å². The van der Waals surface area contributed by atoms with Gasteiger partial charge in [0.05, 0.1) is 0 Å². The molecular formula is C10H15N. The Morgan fingerprint density at radius 3 is 2.18 bits per heavy atom. The van der Waals surface area contributed by atoms with Crippen molar-refractivity contribution in [1.29, 1.82) is 0 Å². The molecule has 0 spiro atoms. The van der Waals surface area contributed by atoms with E-state index >= 15 is 0 Å². The topological polar surface area (TPSA) is 35.0 Å². The Balaban J connectivity index is 0.000000605. The first-order chi connectivity index (χ1) is 4.88. The van der Waals surface area contributed by atoms with E-state index in [2.05, 4.69) is 37.3 Å². The Labute approximate surface area is 68.0 Å². The van der Waals surface area contributed by atoms with Gasteiger partial charge in [-0.1, -0.05) is 37.3 Å². The third-order valence-electron chi connectivity index (χ3n) is 2.34. The molecule has 0 bridgehead atoms. The Morgan fingerprint density at radius 1 is 1.18 bits per heavy atom. The van der Waals surface area contributed by atoms with E-state index in [9.17, 15) is 0 Å². The quantitative estimate of drug-likeness (QED) is 0.654. The summed E-state index contributed by atoms with van der Waals surface area (Å²) in [5.74, 6) is 1.81. The molecule has 1 aliphatic rings. The predicted octanol–water partition coefficient (Wildman–Crippen LogP) is 2.97. The van der Waals surface area contributed by atoms with Gasteiger partial charge in [-0.05, 0) is 23.8 Å². The van der Waals surface area contributed by atoms with Gasteiger partial charge in [-0.25, -0.2) is 0 Å². The highest BCUT2D eigenvalue weighted by molar-refractivity contribution is 5.24. The summed E-state index contributed by atoms with van der Waals surface area (Å²) in [5, 5.41) is 0. The fourth-order valence-corrected chi connectivity index (χ4v) is 1.49. The SMILES string of the molecule is CC1CC1c1ccccc1.N. The molecule has 0 saturated heterocycles. The number of hydrogen-bond acceptors (Lipinski definition) is 1. The van der Waals surface area contributed by atoms with Gasteiger partial charge < -0.3 is 6.15 Å². The molecule has 2 rings (SSSR count). The lowest BCUT2D eigenvalue weighted by molar-refractivity contribution is 0.915. The second-order valence-corrected chi connectivity index (χ2v) is 3.23. The van der Waals surface area contributed by atoms with Crippen LogP contribution in [0.5, 0.6) is 0 Å². The molecule has 3 N–H and O–H groups in total. The lowest BCUT2D eigenvalue weighted by atomic mass is 10.1. The van der Waals surface area contributed by atoms with Gasteiger partial charge in [0.1, 0.15) is 0 Å². The molecule has 60 valence electrons. The van der Waals surface area contributed by atoms with E-state index in [0.717, 1.165) is 11.8 Å². The fourth-order valence-electron chi connectivity index (χ4n) is 1.49. The first kappa shape index (κ1) is 8.28. The molecule has 2 atom stereocenters. The standard InChI is InChI=1S/C10H12.H3N/c1-8-7-10(8)9-5-3-2-4-6-9;/h2-6,8,10H,7H2,1H3;1H3. The Morgan fingerprint density at radius 2 is 1.73 bits per heavy atom. The highest BCUT2D eigenvalue weighted by atomic mass is 14.4. The van der Waals surface area contributed by atoms with E-state index in [4.69, 9.17) is 0 Å². The zero-order chi connectivity index (χ0) is 6.97. The average Bonchev–Trinajstić information content (AvgIpc) is 2.69. The first-order valence-corrected chi connectivity index (χ1v) is 3.93. The van der Waals surface area contributed by atoms with Crippen LogP contribution in [-0.2, 0) is 0 Å². The molecule has 1 saturated carbocycles. The van der Waals surface area contributed by atoms with Gasteiger partial charge in [0.15, 0.2) is 0 Å². The third-order valence-corrected chi connectivity index (χ3v) is 2.34. The number of benzene rings is 1. The van der Waals surface area contributed by atoms with Gasteiger partial charge in [-0.15, -0.1) is 0 Å². The van der Waals surface area contributed by atoms with Crippen molar-refractivity contribution in [3.8, 4) is 0 Å². The maximum atomic E-state index is 2.32. The van der Waals surface area contributed by atoms with Crippen LogP contribution in [0.1, 0.15) is 24.8 Å². The second-order valence-electron chi connectivity index (χ2n) is 3.23. The van der Waals surface area contributed by atoms with Crippen LogP contribution in [0.15, 0.2) is 30.3 Å². The van der Waals surface area contributed by atoms with Crippen molar-refractivity contribution >= 4 is 0 Å². The molecule has 1 fully saturated rings. The van der Waals surface area contributed by atoms with Crippen LogP contribution >= 0.6 is 0 Å². The zero-order valence-corrected chi connectivity index (χ0v) is 6.96. The molecule has 1 aromatic rings. The maximum Gasteiger partial charge on any atom is -0.0133 e. The summed E-state index contributed by atoms with van der Waals surface area (Å²) in [6.07, 6.45) is 1.39. The highest BCUT2D eigenvalue weighted by Gasteiger charge is 2.33. The lowest BCUT2D eigenvalue weighted by Gasteiger charge is -1.94. The van der Waals surface area contributed by atoms with Crippen molar-refractivity contribution in [2.24, 2.45) is 5.92 Å². The van der Waals surface area contributed by atoms with Crippen molar-refractivity contribution in [2.75, 3.05) is 0 Å². The molecular weight excluding hydrogens is 134 g/mol. The molecule has 1 heteroatoms. The molecule has 1 nitrogen and oxygen atoms in total. The molecule has 0 amide bonds. The minimum absolute atomic E-state index is 0. The van der Waals surface area contributed by atoms with Crippen LogP contribution in [0.2, 0.25) is 0 Å². The van der Waals surface area contributed by atoms with Crippen LogP contribution < -0.4 is 6.15 Å². The molecule has 1 aromatic carbocycles. The largest absolute Gasteiger partial charge is 0.344 e. The second kappa shape index (κ2) is 3.05. The first-order valence-electron chi connectivity index (χ1n) is 3.93. The predicted molar refractivity (Wildman–Crippen MR) is 48.0 cm³/mol. The molecule has 0 radical (unpaired) electrons. The summed E-state index contributed by atoms with van der Waals surface area (Å²) in [4.78, 5) is 0. The summed E-state index contributed by atoms with van der Waals surface area (Å²) in [6.45, 7) is 2.32. The van der Waals surface area contributed by atoms with Crippen molar-refractivity contribution < 1.29 is 0 Å². The van der Waals surface area contributed by atoms with Gasteiger partial charge in [-0.2, -0.15) is 0 Å². The smallest absolute Gasteiger partial charge is 0.0133 e. The molecule has 11 heavy (non-hydrogen) atoms. The summed E-state index contributed by atoms with van der Waals surface area (Å²) in [6, 6.07) is 10.8. The van der Waals surface area contributed by atoms with E-state index in [-0.39, 0.29) is 6.15 Å². The highest BCUT2D eigenvalue weighted by Crippen LogP contribution is 2.46. The summed E-state index contributed by atoms with van der Waals surface area (Å²) in [7, 11) is 0. The van der Waals surface area contributed by atoms with Gasteiger partial charge in [0.2, 0.25) is 0 Å². The monoisotopic (exact) mass is 149 g/mol. The van der Waals surface area contributed by atoms with E-state index in [1.807, 2.05) is 0 Å². The van der Waals surface area contributed by atoms with E-state index in [0.29, 0.717) is 0 Å². The lowest BCUT2D eigenvalue weighted by Crippen LogP contribution is -1.77.